The van der Waals surface area contributed by atoms with E-state index >= 15 is 0 Å². The van der Waals surface area contributed by atoms with Crippen molar-refractivity contribution >= 4 is 21.2 Å². The van der Waals surface area contributed by atoms with E-state index in [4.69, 9.17) is 4.42 Å². The summed E-state index contributed by atoms with van der Waals surface area (Å²) in [6, 6.07) is 7.88. The summed E-state index contributed by atoms with van der Waals surface area (Å²) in [4.78, 5) is 12.5. The molecule has 3 rings (SSSR count). The van der Waals surface area contributed by atoms with Crippen LogP contribution >= 0.6 is 0 Å². The maximum Gasteiger partial charge on any atom is 0.311 e. The molecule has 1 aliphatic heterocycles. The molecule has 0 radical (unpaired) electrons. The van der Waals surface area contributed by atoms with Gasteiger partial charge in [0.1, 0.15) is 16.3 Å². The molecule has 1 aromatic carbocycles. The molecule has 122 valence electrons. The maximum absolute atomic E-state index is 11.9. The number of hydrogen-bond acceptors (Lipinski definition) is 6. The van der Waals surface area contributed by atoms with Crippen molar-refractivity contribution < 1.29 is 17.8 Å². The van der Waals surface area contributed by atoms with Gasteiger partial charge in [0.05, 0.1) is 17.2 Å². The summed E-state index contributed by atoms with van der Waals surface area (Å²) in [5.74, 6) is 0.724. The van der Waals surface area contributed by atoms with Gasteiger partial charge in [0.2, 0.25) is 0 Å². The van der Waals surface area contributed by atoms with Crippen LogP contribution in [0.1, 0.15) is 24.6 Å². The Labute approximate surface area is 133 Å². The van der Waals surface area contributed by atoms with Crippen LogP contribution < -0.4 is 4.90 Å². The van der Waals surface area contributed by atoms with Gasteiger partial charge in [-0.1, -0.05) is 6.07 Å². The third-order valence-corrected chi connectivity index (χ3v) is 5.12. The molecule has 0 N–H and O–H groups in total. The highest BCUT2D eigenvalue weighted by molar-refractivity contribution is 7.90. The Morgan fingerprint density at radius 2 is 2.09 bits per heavy atom. The molecular formula is C15H16N2O5S. The van der Waals surface area contributed by atoms with Crippen LogP contribution in [0.2, 0.25) is 0 Å². The van der Waals surface area contributed by atoms with Crippen molar-refractivity contribution in [2.24, 2.45) is 0 Å². The summed E-state index contributed by atoms with van der Waals surface area (Å²) >= 11 is 0. The third-order valence-electron chi connectivity index (χ3n) is 3.99. The fourth-order valence-corrected chi connectivity index (χ4v) is 3.91. The molecule has 23 heavy (non-hydrogen) atoms. The first kappa shape index (κ1) is 15.5. The number of sulfone groups is 1. The van der Waals surface area contributed by atoms with Crippen LogP contribution in [0.4, 0.5) is 11.4 Å². The molecule has 0 aliphatic carbocycles. The van der Waals surface area contributed by atoms with Crippen LogP contribution in [0, 0.1) is 10.1 Å². The lowest BCUT2D eigenvalue weighted by Crippen LogP contribution is -2.23. The maximum atomic E-state index is 11.9. The zero-order valence-corrected chi connectivity index (χ0v) is 13.3. The van der Waals surface area contributed by atoms with Crippen molar-refractivity contribution in [3.8, 4) is 0 Å². The smallest absolute Gasteiger partial charge is 0.311 e. The number of para-hydroxylation sites is 1. The predicted octanol–water partition coefficient (Wildman–Crippen LogP) is 2.93. The van der Waals surface area contributed by atoms with Crippen molar-refractivity contribution in [1.82, 2.24) is 0 Å². The molecular weight excluding hydrogens is 320 g/mol. The molecule has 0 spiro atoms. The molecule has 2 heterocycles. The quantitative estimate of drug-likeness (QED) is 0.629. The second-order valence-corrected chi connectivity index (χ2v) is 7.50. The van der Waals surface area contributed by atoms with Gasteiger partial charge in [0, 0.05) is 12.8 Å². The summed E-state index contributed by atoms with van der Waals surface area (Å²) in [7, 11) is -3.69. The Kier molecular flexibility index (Phi) is 3.85. The lowest BCUT2D eigenvalue weighted by molar-refractivity contribution is -0.387. The fraction of sp³-hybridized carbons (Fsp3) is 0.333. The van der Waals surface area contributed by atoms with Gasteiger partial charge in [-0.2, -0.15) is 0 Å². The third kappa shape index (κ3) is 2.81. The molecule has 1 fully saturated rings. The molecule has 0 bridgehead atoms. The number of nitro benzene ring substituents is 1. The topological polar surface area (TPSA) is 93.7 Å². The van der Waals surface area contributed by atoms with Crippen LogP contribution in [-0.4, -0.2) is 26.1 Å². The number of nitro groups is 1. The average molecular weight is 336 g/mol. The highest BCUT2D eigenvalue weighted by Crippen LogP contribution is 2.42. The number of nitrogens with zero attached hydrogens (tertiary/aromatic N) is 2. The van der Waals surface area contributed by atoms with E-state index in [1.165, 1.54) is 12.1 Å². The van der Waals surface area contributed by atoms with Crippen LogP contribution in [0.15, 0.2) is 45.9 Å². The van der Waals surface area contributed by atoms with E-state index in [0.29, 0.717) is 12.2 Å². The second kappa shape index (κ2) is 5.69. The Hall–Kier alpha value is -2.35. The van der Waals surface area contributed by atoms with Crippen molar-refractivity contribution in [2.45, 2.75) is 23.8 Å². The molecule has 0 saturated carbocycles. The van der Waals surface area contributed by atoms with Crippen LogP contribution in [-0.2, 0) is 9.84 Å². The van der Waals surface area contributed by atoms with E-state index in [1.807, 2.05) is 11.0 Å². The largest absolute Gasteiger partial charge is 0.467 e. The van der Waals surface area contributed by atoms with Crippen molar-refractivity contribution in [3.05, 3.63) is 52.5 Å². The van der Waals surface area contributed by atoms with Crippen LogP contribution in [0.3, 0.4) is 0 Å². The minimum Gasteiger partial charge on any atom is -0.467 e. The molecule has 2 aromatic rings. The van der Waals surface area contributed by atoms with Crippen LogP contribution in [0.5, 0.6) is 0 Å². The second-order valence-electron chi connectivity index (χ2n) is 5.52. The Morgan fingerprint density at radius 1 is 1.30 bits per heavy atom. The Morgan fingerprint density at radius 3 is 2.70 bits per heavy atom. The highest BCUT2D eigenvalue weighted by atomic mass is 32.2. The first-order chi connectivity index (χ1) is 10.9. The van der Waals surface area contributed by atoms with Gasteiger partial charge in [-0.05, 0) is 37.1 Å². The van der Waals surface area contributed by atoms with Gasteiger partial charge >= 0.3 is 5.69 Å². The first-order valence-corrected chi connectivity index (χ1v) is 9.06. The molecule has 1 saturated heterocycles. The number of rotatable bonds is 4. The normalized spacial score (nSPS) is 18.3. The number of benzene rings is 1. The number of furan rings is 1. The summed E-state index contributed by atoms with van der Waals surface area (Å²) < 4.78 is 29.2. The van der Waals surface area contributed by atoms with E-state index in [0.717, 1.165) is 24.9 Å². The Bertz CT molecular complexity index is 830. The number of anilines is 1. The van der Waals surface area contributed by atoms with E-state index in [1.54, 1.807) is 18.4 Å². The van der Waals surface area contributed by atoms with Gasteiger partial charge in [-0.3, -0.25) is 10.1 Å². The number of hydrogen-bond donors (Lipinski definition) is 0. The monoisotopic (exact) mass is 336 g/mol. The molecule has 1 atom stereocenters. The minimum absolute atomic E-state index is 0.126. The van der Waals surface area contributed by atoms with Crippen LogP contribution in [0.25, 0.3) is 0 Å². The molecule has 1 unspecified atom stereocenters. The zero-order valence-electron chi connectivity index (χ0n) is 12.5. The SMILES string of the molecule is CS(=O)(=O)c1cccc(N2CCCC2c2ccco2)c1[N+](=O)[O-]. The average Bonchev–Trinajstić information content (AvgIpc) is 3.16. The van der Waals surface area contributed by atoms with E-state index < -0.39 is 14.8 Å². The standard InChI is InChI=1S/C15H16N2O5S/c1-23(20,21)14-8-2-5-12(15(14)17(18)19)16-9-3-6-11(16)13-7-4-10-22-13/h2,4-5,7-8,10-11H,3,6,9H2,1H3. The van der Waals surface area contributed by atoms with Gasteiger partial charge in [-0.25, -0.2) is 8.42 Å². The Balaban J connectivity index is 2.14. The van der Waals surface area contributed by atoms with Gasteiger partial charge in [0.15, 0.2) is 9.84 Å². The molecule has 1 aliphatic rings. The zero-order chi connectivity index (χ0) is 16.6. The lowest BCUT2D eigenvalue weighted by Gasteiger charge is -2.25. The van der Waals surface area contributed by atoms with E-state index in [-0.39, 0.29) is 16.6 Å². The van der Waals surface area contributed by atoms with Gasteiger partial charge in [0.25, 0.3) is 0 Å². The lowest BCUT2D eigenvalue weighted by atomic mass is 10.1. The molecule has 0 amide bonds. The first-order valence-electron chi connectivity index (χ1n) is 7.17. The molecule has 1 aromatic heterocycles. The summed E-state index contributed by atoms with van der Waals surface area (Å²) in [5.41, 5.74) is -0.0507. The highest BCUT2D eigenvalue weighted by Gasteiger charge is 2.35. The summed E-state index contributed by atoms with van der Waals surface area (Å²) in [5, 5.41) is 11.5. The molecule has 8 heteroatoms. The summed E-state index contributed by atoms with van der Waals surface area (Å²) in [6.07, 6.45) is 4.19. The van der Waals surface area contributed by atoms with Gasteiger partial charge < -0.3 is 9.32 Å². The van der Waals surface area contributed by atoms with Crippen molar-refractivity contribution in [3.63, 3.8) is 0 Å². The molecule has 7 nitrogen and oxygen atoms in total. The van der Waals surface area contributed by atoms with E-state index in [9.17, 15) is 18.5 Å². The van der Waals surface area contributed by atoms with Crippen molar-refractivity contribution in [1.29, 1.82) is 0 Å². The van der Waals surface area contributed by atoms with Crippen molar-refractivity contribution in [2.75, 3.05) is 17.7 Å². The fourth-order valence-electron chi connectivity index (χ4n) is 3.06. The predicted molar refractivity (Wildman–Crippen MR) is 84.2 cm³/mol. The van der Waals surface area contributed by atoms with Gasteiger partial charge in [-0.15, -0.1) is 0 Å². The summed E-state index contributed by atoms with van der Waals surface area (Å²) in [6.45, 7) is 0.611. The minimum atomic E-state index is -3.69. The van der Waals surface area contributed by atoms with E-state index in [2.05, 4.69) is 0 Å².